The van der Waals surface area contributed by atoms with Crippen molar-refractivity contribution in [3.63, 3.8) is 0 Å². The molecule has 1 aromatic rings. The monoisotopic (exact) mass is 274 g/mol. The van der Waals surface area contributed by atoms with Gasteiger partial charge in [0.25, 0.3) is 0 Å². The summed E-state index contributed by atoms with van der Waals surface area (Å²) < 4.78 is 5.46. The number of rotatable bonds is 3. The third-order valence-corrected chi connectivity index (χ3v) is 4.81. The van der Waals surface area contributed by atoms with Crippen molar-refractivity contribution in [2.45, 2.75) is 50.4 Å². The Hall–Kier alpha value is -0.900. The molecule has 1 atom stereocenters. The normalized spacial score (nSPS) is 33.6. The first-order valence-electron chi connectivity index (χ1n) is 7.67. The maximum atomic E-state index is 5.46. The summed E-state index contributed by atoms with van der Waals surface area (Å²) in [5.74, 6) is 0. The molecule has 0 radical (unpaired) electrons. The lowest BCUT2D eigenvalue weighted by Gasteiger charge is -2.52. The number of ether oxygens (including phenoxy) is 1. The van der Waals surface area contributed by atoms with E-state index in [1.807, 2.05) is 7.11 Å². The van der Waals surface area contributed by atoms with Crippen molar-refractivity contribution < 1.29 is 4.74 Å². The van der Waals surface area contributed by atoms with Gasteiger partial charge in [-0.05, 0) is 32.3 Å². The Labute approximate surface area is 122 Å². The molecule has 1 unspecified atom stereocenters. The molecule has 1 aliphatic carbocycles. The minimum absolute atomic E-state index is 0.198. The van der Waals surface area contributed by atoms with Gasteiger partial charge < -0.3 is 10.1 Å². The number of nitrogens with zero attached hydrogens (tertiary/aromatic N) is 1. The van der Waals surface area contributed by atoms with E-state index in [-0.39, 0.29) is 5.54 Å². The molecule has 0 bridgehead atoms. The Balaban J connectivity index is 1.77. The standard InChI is InChI=1S/C17H26N2O/c1-17(2)12-19(14-9-15(10-14)20-3)16(11-18-17)13-7-5-4-6-8-13/h4-8,14-16,18H,9-12H2,1-3H3. The molecule has 1 aromatic carbocycles. The van der Waals surface area contributed by atoms with E-state index in [2.05, 4.69) is 54.4 Å². The Bertz CT molecular complexity index is 440. The zero-order valence-electron chi connectivity index (χ0n) is 12.8. The van der Waals surface area contributed by atoms with Crippen LogP contribution in [0.25, 0.3) is 0 Å². The number of benzene rings is 1. The second-order valence-electron chi connectivity index (χ2n) is 6.85. The molecule has 0 aromatic heterocycles. The lowest BCUT2D eigenvalue weighted by Crippen LogP contribution is -2.63. The molecule has 2 aliphatic rings. The summed E-state index contributed by atoms with van der Waals surface area (Å²) in [6.45, 7) is 6.74. The van der Waals surface area contributed by atoms with Crippen LogP contribution in [0.4, 0.5) is 0 Å². The fourth-order valence-corrected chi connectivity index (χ4v) is 3.48. The van der Waals surface area contributed by atoms with E-state index < -0.39 is 0 Å². The third-order valence-electron chi connectivity index (χ3n) is 4.81. The Kier molecular flexibility index (Phi) is 3.85. The molecule has 3 nitrogen and oxygen atoms in total. The Morgan fingerprint density at radius 1 is 1.20 bits per heavy atom. The van der Waals surface area contributed by atoms with Crippen LogP contribution in [-0.4, -0.2) is 42.8 Å². The van der Waals surface area contributed by atoms with E-state index in [1.165, 1.54) is 18.4 Å². The zero-order valence-corrected chi connectivity index (χ0v) is 12.8. The lowest BCUT2D eigenvalue weighted by molar-refractivity contribution is -0.0602. The molecule has 1 aliphatic heterocycles. The molecule has 1 saturated carbocycles. The van der Waals surface area contributed by atoms with Crippen LogP contribution >= 0.6 is 0 Å². The van der Waals surface area contributed by atoms with Gasteiger partial charge in [-0.25, -0.2) is 0 Å². The summed E-state index contributed by atoms with van der Waals surface area (Å²) in [6.07, 6.45) is 2.82. The van der Waals surface area contributed by atoms with Crippen molar-refractivity contribution in [2.24, 2.45) is 0 Å². The van der Waals surface area contributed by atoms with E-state index in [9.17, 15) is 0 Å². The van der Waals surface area contributed by atoms with Gasteiger partial charge in [-0.2, -0.15) is 0 Å². The first-order chi connectivity index (χ1) is 9.59. The highest BCUT2D eigenvalue weighted by atomic mass is 16.5. The quantitative estimate of drug-likeness (QED) is 0.917. The van der Waals surface area contributed by atoms with Gasteiger partial charge in [0.15, 0.2) is 0 Å². The van der Waals surface area contributed by atoms with Crippen molar-refractivity contribution in [1.82, 2.24) is 10.2 Å². The minimum atomic E-state index is 0.198. The van der Waals surface area contributed by atoms with Gasteiger partial charge in [0.2, 0.25) is 0 Å². The Morgan fingerprint density at radius 2 is 1.90 bits per heavy atom. The van der Waals surface area contributed by atoms with Crippen LogP contribution in [0.15, 0.2) is 30.3 Å². The number of hydrogen-bond acceptors (Lipinski definition) is 3. The number of piperazine rings is 1. The number of methoxy groups -OCH3 is 1. The molecule has 0 amide bonds. The summed E-state index contributed by atoms with van der Waals surface area (Å²) in [7, 11) is 1.83. The second-order valence-corrected chi connectivity index (χ2v) is 6.85. The summed E-state index contributed by atoms with van der Waals surface area (Å²) in [6, 6.07) is 12.1. The largest absolute Gasteiger partial charge is 0.381 e. The van der Waals surface area contributed by atoms with Crippen LogP contribution in [0.3, 0.4) is 0 Å². The topological polar surface area (TPSA) is 24.5 Å². The van der Waals surface area contributed by atoms with E-state index in [4.69, 9.17) is 4.74 Å². The highest BCUT2D eigenvalue weighted by molar-refractivity contribution is 5.21. The van der Waals surface area contributed by atoms with Crippen LogP contribution in [0.1, 0.15) is 38.3 Å². The van der Waals surface area contributed by atoms with E-state index in [0.717, 1.165) is 13.1 Å². The van der Waals surface area contributed by atoms with Crippen LogP contribution < -0.4 is 5.32 Å². The SMILES string of the molecule is COC1CC(N2CC(C)(C)NCC2c2ccccc2)C1. The molecule has 0 spiro atoms. The molecule has 2 fully saturated rings. The van der Waals surface area contributed by atoms with E-state index in [1.54, 1.807) is 0 Å². The van der Waals surface area contributed by atoms with Gasteiger partial charge in [0, 0.05) is 37.8 Å². The van der Waals surface area contributed by atoms with Gasteiger partial charge in [0.05, 0.1) is 6.10 Å². The molecule has 1 N–H and O–H groups in total. The predicted octanol–water partition coefficient (Wildman–Crippen LogP) is 2.59. The van der Waals surface area contributed by atoms with E-state index >= 15 is 0 Å². The smallest absolute Gasteiger partial charge is 0.0601 e. The molecule has 20 heavy (non-hydrogen) atoms. The van der Waals surface area contributed by atoms with Crippen LogP contribution in [0.5, 0.6) is 0 Å². The van der Waals surface area contributed by atoms with Crippen LogP contribution in [0.2, 0.25) is 0 Å². The molecule has 1 saturated heterocycles. The van der Waals surface area contributed by atoms with Crippen LogP contribution in [-0.2, 0) is 4.74 Å². The first-order valence-corrected chi connectivity index (χ1v) is 7.67. The summed E-state index contributed by atoms with van der Waals surface area (Å²) in [5.41, 5.74) is 1.63. The van der Waals surface area contributed by atoms with Crippen molar-refractivity contribution in [3.05, 3.63) is 35.9 Å². The number of nitrogens with one attached hydrogen (secondary N) is 1. The van der Waals surface area contributed by atoms with Gasteiger partial charge >= 0.3 is 0 Å². The maximum absolute atomic E-state index is 5.46. The summed E-state index contributed by atoms with van der Waals surface area (Å²) >= 11 is 0. The maximum Gasteiger partial charge on any atom is 0.0601 e. The van der Waals surface area contributed by atoms with Crippen molar-refractivity contribution in [3.8, 4) is 0 Å². The fraction of sp³-hybridized carbons (Fsp3) is 0.647. The highest BCUT2D eigenvalue weighted by Gasteiger charge is 2.42. The lowest BCUT2D eigenvalue weighted by atomic mass is 9.83. The molecular weight excluding hydrogens is 248 g/mol. The van der Waals surface area contributed by atoms with Gasteiger partial charge in [-0.3, -0.25) is 4.90 Å². The first kappa shape index (κ1) is 14.1. The fourth-order valence-electron chi connectivity index (χ4n) is 3.48. The minimum Gasteiger partial charge on any atom is -0.381 e. The van der Waals surface area contributed by atoms with Gasteiger partial charge in [-0.1, -0.05) is 30.3 Å². The number of hydrogen-bond donors (Lipinski definition) is 1. The van der Waals surface area contributed by atoms with Crippen molar-refractivity contribution >= 4 is 0 Å². The summed E-state index contributed by atoms with van der Waals surface area (Å²) in [5, 5.41) is 3.69. The molecule has 1 heterocycles. The average Bonchev–Trinajstić information content (AvgIpc) is 2.38. The molecular formula is C17H26N2O. The van der Waals surface area contributed by atoms with Crippen molar-refractivity contribution in [2.75, 3.05) is 20.2 Å². The van der Waals surface area contributed by atoms with Gasteiger partial charge in [0.1, 0.15) is 0 Å². The third kappa shape index (κ3) is 2.76. The molecule has 3 rings (SSSR count). The average molecular weight is 274 g/mol. The predicted molar refractivity (Wildman–Crippen MR) is 81.8 cm³/mol. The molecule has 3 heteroatoms. The highest BCUT2D eigenvalue weighted by Crippen LogP contribution is 2.36. The summed E-state index contributed by atoms with van der Waals surface area (Å²) in [4.78, 5) is 2.70. The molecule has 110 valence electrons. The second kappa shape index (κ2) is 5.47. The Morgan fingerprint density at radius 3 is 2.55 bits per heavy atom. The van der Waals surface area contributed by atoms with E-state index in [0.29, 0.717) is 18.2 Å². The van der Waals surface area contributed by atoms with Crippen molar-refractivity contribution in [1.29, 1.82) is 0 Å². The van der Waals surface area contributed by atoms with Gasteiger partial charge in [-0.15, -0.1) is 0 Å². The zero-order chi connectivity index (χ0) is 14.2. The van der Waals surface area contributed by atoms with Crippen LogP contribution in [0, 0.1) is 0 Å².